The van der Waals surface area contributed by atoms with Crippen LogP contribution in [0.1, 0.15) is 47.2 Å². The molecule has 44 heavy (non-hydrogen) atoms. The van der Waals surface area contributed by atoms with Gasteiger partial charge in [0.2, 0.25) is 5.75 Å². The van der Waals surface area contributed by atoms with E-state index in [-0.39, 0.29) is 12.5 Å². The maximum Gasteiger partial charge on any atom is 0.314 e. The number of rotatable bonds is 10. The second kappa shape index (κ2) is 12.8. The monoisotopic (exact) mass is 608 g/mol. The number of nitrogens with zero attached hydrogens (tertiary/aromatic N) is 2. The van der Waals surface area contributed by atoms with Crippen LogP contribution in [0.2, 0.25) is 0 Å². The summed E-state index contributed by atoms with van der Waals surface area (Å²) in [5.41, 5.74) is -0.185. The van der Waals surface area contributed by atoms with E-state index in [0.29, 0.717) is 80.2 Å². The van der Waals surface area contributed by atoms with Crippen molar-refractivity contribution in [1.82, 2.24) is 9.80 Å². The van der Waals surface area contributed by atoms with Gasteiger partial charge in [-0.15, -0.1) is 0 Å². The summed E-state index contributed by atoms with van der Waals surface area (Å²) in [6, 6.07) is 16.2. The van der Waals surface area contributed by atoms with Gasteiger partial charge in [0.25, 0.3) is 5.91 Å². The number of carbonyl (C=O) groups is 2. The maximum absolute atomic E-state index is 15.4. The molecule has 1 atom stereocenters. The van der Waals surface area contributed by atoms with E-state index >= 15 is 4.39 Å². The molecule has 0 bridgehead atoms. The van der Waals surface area contributed by atoms with Crippen molar-refractivity contribution in [2.45, 2.75) is 36.5 Å². The molecule has 234 valence electrons. The number of carboxylic acid groups (broad SMARTS) is 1. The number of methoxy groups -OCH3 is 3. The molecule has 1 amide bonds. The lowest BCUT2D eigenvalue weighted by Gasteiger charge is -2.40. The third-order valence-corrected chi connectivity index (χ3v) is 9.41. The molecule has 0 radical (unpaired) electrons. The summed E-state index contributed by atoms with van der Waals surface area (Å²) in [7, 11) is 4.44. The number of halogens is 2. The summed E-state index contributed by atoms with van der Waals surface area (Å²) in [4.78, 5) is 30.1. The number of aliphatic carboxylic acids is 1. The van der Waals surface area contributed by atoms with Crippen LogP contribution in [-0.2, 0) is 15.6 Å². The minimum Gasteiger partial charge on any atom is -0.493 e. The predicted octanol–water partition coefficient (Wildman–Crippen LogP) is 5.28. The van der Waals surface area contributed by atoms with Crippen molar-refractivity contribution in [2.24, 2.45) is 0 Å². The normalized spacial score (nSPS) is 19.9. The molecule has 1 N–H and O–H groups in total. The van der Waals surface area contributed by atoms with Crippen LogP contribution in [0.3, 0.4) is 0 Å². The summed E-state index contributed by atoms with van der Waals surface area (Å²) in [5, 5.41) is 10.2. The fourth-order valence-corrected chi connectivity index (χ4v) is 6.82. The van der Waals surface area contributed by atoms with Crippen molar-refractivity contribution in [3.8, 4) is 17.2 Å². The highest BCUT2D eigenvalue weighted by Crippen LogP contribution is 2.43. The average molecular weight is 609 g/mol. The molecule has 10 heteroatoms. The largest absolute Gasteiger partial charge is 0.493 e. The average Bonchev–Trinajstić information content (AvgIpc) is 3.48. The number of likely N-dealkylation sites (tertiary alicyclic amines) is 2. The highest BCUT2D eigenvalue weighted by Gasteiger charge is 2.46. The Morgan fingerprint density at radius 1 is 0.864 bits per heavy atom. The van der Waals surface area contributed by atoms with Gasteiger partial charge in [-0.1, -0.05) is 36.4 Å². The number of benzene rings is 3. The lowest BCUT2D eigenvalue weighted by molar-refractivity contribution is -0.146. The summed E-state index contributed by atoms with van der Waals surface area (Å²) in [6.45, 7) is 2.33. The predicted molar refractivity (Wildman–Crippen MR) is 161 cm³/mol. The van der Waals surface area contributed by atoms with Crippen LogP contribution in [0.5, 0.6) is 17.2 Å². The molecule has 0 spiro atoms. The quantitative estimate of drug-likeness (QED) is 0.335. The number of hydrogen-bond donors (Lipinski definition) is 1. The zero-order valence-corrected chi connectivity index (χ0v) is 25.3. The smallest absolute Gasteiger partial charge is 0.314 e. The maximum atomic E-state index is 15.4. The summed E-state index contributed by atoms with van der Waals surface area (Å²) >= 11 is 0. The van der Waals surface area contributed by atoms with E-state index in [4.69, 9.17) is 14.2 Å². The fraction of sp³-hybridized carbons (Fsp3) is 0.412. The third-order valence-electron chi connectivity index (χ3n) is 9.41. The highest BCUT2D eigenvalue weighted by atomic mass is 19.1. The van der Waals surface area contributed by atoms with Crippen molar-refractivity contribution in [3.63, 3.8) is 0 Å². The number of hydrogen-bond acceptors (Lipinski definition) is 6. The summed E-state index contributed by atoms with van der Waals surface area (Å²) in [5.74, 6) is -1.32. The molecular formula is C34H38F2N2O6. The molecule has 2 saturated heterocycles. The Morgan fingerprint density at radius 2 is 1.52 bits per heavy atom. The Morgan fingerprint density at radius 3 is 2.09 bits per heavy atom. The molecule has 3 aromatic carbocycles. The Bertz CT molecular complexity index is 1480. The lowest BCUT2D eigenvalue weighted by Crippen LogP contribution is -2.48. The molecule has 5 rings (SSSR count). The van der Waals surface area contributed by atoms with Gasteiger partial charge in [0.1, 0.15) is 11.6 Å². The molecule has 8 nitrogen and oxygen atoms in total. The van der Waals surface area contributed by atoms with Crippen molar-refractivity contribution < 1.29 is 37.7 Å². The van der Waals surface area contributed by atoms with Gasteiger partial charge in [-0.05, 0) is 74.6 Å². The molecule has 3 aromatic rings. The standard InChI is InChI=1S/C34H38F2N2O6/c1-42-28-19-23(20-29(43-2)30(28)44-3)31(39)38-18-12-33(22-38,26-10-9-25(35)21-27(26)36)11-15-37-16-13-34(14-17-37,32(40)41)24-7-5-4-6-8-24/h4-10,19-21H,11-18,22H2,1-3H3,(H,40,41). The van der Waals surface area contributed by atoms with Gasteiger partial charge in [-0.25, -0.2) is 8.78 Å². The molecule has 0 aliphatic carbocycles. The van der Waals surface area contributed by atoms with E-state index in [2.05, 4.69) is 4.90 Å². The molecular weight excluding hydrogens is 570 g/mol. The summed E-state index contributed by atoms with van der Waals surface area (Å²) < 4.78 is 45.6. The minimum absolute atomic E-state index is 0.238. The zero-order chi connectivity index (χ0) is 31.5. The van der Waals surface area contributed by atoms with E-state index in [0.717, 1.165) is 11.6 Å². The second-order valence-corrected chi connectivity index (χ2v) is 11.6. The van der Waals surface area contributed by atoms with E-state index in [1.807, 2.05) is 30.3 Å². The minimum atomic E-state index is -0.949. The lowest BCUT2D eigenvalue weighted by atomic mass is 9.72. The SMILES string of the molecule is COc1cc(C(=O)N2CCC(CCN3CCC(C(=O)O)(c4ccccc4)CC3)(c3ccc(F)cc3F)C2)cc(OC)c1OC. The number of piperidine rings is 1. The first-order valence-corrected chi connectivity index (χ1v) is 14.7. The van der Waals surface area contributed by atoms with Crippen LogP contribution < -0.4 is 14.2 Å². The zero-order valence-electron chi connectivity index (χ0n) is 25.3. The van der Waals surface area contributed by atoms with Gasteiger partial charge in [0.05, 0.1) is 26.7 Å². The van der Waals surface area contributed by atoms with Crippen molar-refractivity contribution in [2.75, 3.05) is 54.1 Å². The van der Waals surface area contributed by atoms with Gasteiger partial charge in [-0.2, -0.15) is 0 Å². The van der Waals surface area contributed by atoms with Gasteiger partial charge >= 0.3 is 5.97 Å². The first-order chi connectivity index (χ1) is 21.2. The molecule has 2 heterocycles. The molecule has 2 aliphatic heterocycles. The van der Waals surface area contributed by atoms with Crippen LogP contribution in [0.4, 0.5) is 8.78 Å². The number of amides is 1. The Hall–Kier alpha value is -4.18. The number of carboxylic acids is 1. The first-order valence-electron chi connectivity index (χ1n) is 14.7. The molecule has 0 saturated carbocycles. The van der Waals surface area contributed by atoms with Crippen LogP contribution >= 0.6 is 0 Å². The van der Waals surface area contributed by atoms with Crippen molar-refractivity contribution in [3.05, 3.63) is 89.0 Å². The van der Waals surface area contributed by atoms with Crippen molar-refractivity contribution >= 4 is 11.9 Å². The molecule has 1 unspecified atom stereocenters. The summed E-state index contributed by atoms with van der Waals surface area (Å²) in [6.07, 6.45) is 1.91. The second-order valence-electron chi connectivity index (χ2n) is 11.6. The van der Waals surface area contributed by atoms with Gasteiger partial charge in [0, 0.05) is 30.1 Å². The van der Waals surface area contributed by atoms with Crippen LogP contribution in [0.25, 0.3) is 0 Å². The van der Waals surface area contributed by atoms with Gasteiger partial charge < -0.3 is 29.1 Å². The molecule has 2 fully saturated rings. The Kier molecular flexibility index (Phi) is 9.10. The molecule has 2 aliphatic rings. The first kappa shape index (κ1) is 31.3. The topological polar surface area (TPSA) is 88.5 Å². The Balaban J connectivity index is 1.37. The van der Waals surface area contributed by atoms with E-state index < -0.39 is 28.4 Å². The number of ether oxygens (including phenoxy) is 3. The van der Waals surface area contributed by atoms with E-state index in [1.165, 1.54) is 33.5 Å². The van der Waals surface area contributed by atoms with Crippen molar-refractivity contribution in [1.29, 1.82) is 0 Å². The van der Waals surface area contributed by atoms with Gasteiger partial charge in [-0.3, -0.25) is 9.59 Å². The van der Waals surface area contributed by atoms with Gasteiger partial charge in [0.15, 0.2) is 11.5 Å². The molecule has 0 aromatic heterocycles. The fourth-order valence-electron chi connectivity index (χ4n) is 6.82. The third kappa shape index (κ3) is 5.83. The van der Waals surface area contributed by atoms with Crippen LogP contribution in [-0.4, -0.2) is 80.8 Å². The highest BCUT2D eigenvalue weighted by molar-refractivity contribution is 5.96. The van der Waals surface area contributed by atoms with E-state index in [9.17, 15) is 19.1 Å². The van der Waals surface area contributed by atoms with Crippen LogP contribution in [0.15, 0.2) is 60.7 Å². The van der Waals surface area contributed by atoms with Crippen LogP contribution in [0, 0.1) is 11.6 Å². The number of carbonyl (C=O) groups excluding carboxylic acids is 1. The Labute approximate surface area is 256 Å². The van der Waals surface area contributed by atoms with E-state index in [1.54, 1.807) is 17.0 Å².